The highest BCUT2D eigenvalue weighted by molar-refractivity contribution is 5.50. The van der Waals surface area contributed by atoms with Crippen molar-refractivity contribution in [1.82, 2.24) is 0 Å². The van der Waals surface area contributed by atoms with Crippen molar-refractivity contribution in [2.45, 2.75) is 170 Å². The van der Waals surface area contributed by atoms with Crippen LogP contribution in [0.1, 0.15) is 189 Å². The molecule has 0 aliphatic heterocycles. The average molecular weight is 655 g/mol. The molecule has 6 atom stereocenters. The molecule has 2 aromatic carbocycles. The Balaban J connectivity index is 1.27. The molecule has 0 unspecified atom stereocenters. The number of allylic oxidation sites excluding steroid dienone is 4. The minimum atomic E-state index is 0.574. The zero-order chi connectivity index (χ0) is 34.8. The zero-order valence-electron chi connectivity index (χ0n) is 32.6. The van der Waals surface area contributed by atoms with E-state index in [0.29, 0.717) is 35.5 Å². The quantitative estimate of drug-likeness (QED) is 0.125. The molecule has 266 valence electrons. The highest BCUT2D eigenvalue weighted by Crippen LogP contribution is 2.49. The molecule has 0 heterocycles. The van der Waals surface area contributed by atoms with Gasteiger partial charge in [-0.05, 0) is 188 Å². The van der Waals surface area contributed by atoms with Gasteiger partial charge in [0.05, 0.1) is 13.2 Å². The molecule has 48 heavy (non-hydrogen) atoms. The second-order valence-electron chi connectivity index (χ2n) is 16.5. The summed E-state index contributed by atoms with van der Waals surface area (Å²) >= 11 is 0. The van der Waals surface area contributed by atoms with Crippen molar-refractivity contribution in [2.75, 3.05) is 13.2 Å². The predicted molar refractivity (Wildman–Crippen MR) is 208 cm³/mol. The standard InChI is InChI=1S/C46H70O2/c1-31(2)17-15-19-35(7)39-23-21-37(9)45-41(39)27-33(5)29-43(45)47-25-13-11-12-14-26-48-44-30-34(6)28-42-40(24-22-38(10)46(42)44)36(8)20-16-18-32(3)4/h17-18,27-30,35-40H,11-16,19-26H2,1-10H3/t35-,36-,37+,38+,39-,40-/m0/s1. The lowest BCUT2D eigenvalue weighted by atomic mass is 9.71. The lowest BCUT2D eigenvalue weighted by Gasteiger charge is -2.35. The lowest BCUT2D eigenvalue weighted by molar-refractivity contribution is 0.278. The van der Waals surface area contributed by atoms with Crippen LogP contribution >= 0.6 is 0 Å². The first-order valence-electron chi connectivity index (χ1n) is 19.8. The van der Waals surface area contributed by atoms with Crippen molar-refractivity contribution in [3.8, 4) is 11.5 Å². The van der Waals surface area contributed by atoms with Crippen LogP contribution in [0.2, 0.25) is 0 Å². The van der Waals surface area contributed by atoms with Crippen molar-refractivity contribution in [3.63, 3.8) is 0 Å². The number of rotatable bonds is 17. The first-order chi connectivity index (χ1) is 23.0. The summed E-state index contributed by atoms with van der Waals surface area (Å²) in [5.74, 6) is 6.14. The molecular formula is C46H70O2. The molecular weight excluding hydrogens is 585 g/mol. The maximum absolute atomic E-state index is 6.58. The van der Waals surface area contributed by atoms with E-state index in [1.165, 1.54) is 97.6 Å². The molecule has 4 rings (SSSR count). The van der Waals surface area contributed by atoms with Gasteiger partial charge in [0, 0.05) is 11.1 Å². The third-order valence-electron chi connectivity index (χ3n) is 11.5. The number of ether oxygens (including phenoxy) is 2. The van der Waals surface area contributed by atoms with Crippen LogP contribution in [0.4, 0.5) is 0 Å². The molecule has 0 saturated heterocycles. The van der Waals surface area contributed by atoms with Crippen LogP contribution in [0.15, 0.2) is 47.6 Å². The van der Waals surface area contributed by atoms with Gasteiger partial charge >= 0.3 is 0 Å². The van der Waals surface area contributed by atoms with Crippen LogP contribution in [0.3, 0.4) is 0 Å². The fraction of sp³-hybridized carbons (Fsp3) is 0.652. The summed E-state index contributed by atoms with van der Waals surface area (Å²) in [5.41, 5.74) is 11.7. The van der Waals surface area contributed by atoms with E-state index in [1.807, 2.05) is 0 Å². The average Bonchev–Trinajstić information content (AvgIpc) is 3.01. The number of unbranched alkanes of at least 4 members (excludes halogenated alkanes) is 3. The predicted octanol–water partition coefficient (Wildman–Crippen LogP) is 14.0. The topological polar surface area (TPSA) is 18.5 Å². The van der Waals surface area contributed by atoms with E-state index in [1.54, 1.807) is 11.1 Å². The fourth-order valence-corrected chi connectivity index (χ4v) is 8.73. The minimum Gasteiger partial charge on any atom is -0.493 e. The van der Waals surface area contributed by atoms with E-state index in [9.17, 15) is 0 Å². The van der Waals surface area contributed by atoms with Gasteiger partial charge < -0.3 is 9.47 Å². The Labute approximate surface area is 296 Å². The van der Waals surface area contributed by atoms with Gasteiger partial charge in [-0.3, -0.25) is 0 Å². The van der Waals surface area contributed by atoms with Gasteiger partial charge in [0.25, 0.3) is 0 Å². The Kier molecular flexibility index (Phi) is 14.8. The SMILES string of the molecule is CC(C)=CCC[C@H](C)[C@@H]1CC[C@@H](C)c2c(OCCCCCCOc3cc(C)cc4c3[C@H](C)CC[C@H]4[C@@H](C)CCC=C(C)C)cc(C)cc21. The Morgan fingerprint density at radius 3 is 1.40 bits per heavy atom. The van der Waals surface area contributed by atoms with Gasteiger partial charge in [-0.2, -0.15) is 0 Å². The van der Waals surface area contributed by atoms with Crippen LogP contribution < -0.4 is 9.47 Å². The van der Waals surface area contributed by atoms with Gasteiger partial charge in [0.2, 0.25) is 0 Å². The maximum Gasteiger partial charge on any atom is 0.123 e. The summed E-state index contributed by atoms with van der Waals surface area (Å²) in [5, 5.41) is 0. The van der Waals surface area contributed by atoms with Gasteiger partial charge in [0.1, 0.15) is 11.5 Å². The van der Waals surface area contributed by atoms with Gasteiger partial charge in [-0.1, -0.05) is 63.1 Å². The molecule has 2 aromatic rings. The molecule has 0 bridgehead atoms. The molecule has 0 radical (unpaired) electrons. The van der Waals surface area contributed by atoms with Crippen molar-refractivity contribution in [3.05, 3.63) is 80.9 Å². The summed E-state index contributed by atoms with van der Waals surface area (Å²) in [6.45, 7) is 24.7. The number of benzene rings is 2. The maximum atomic E-state index is 6.58. The Hall–Kier alpha value is -2.48. The summed E-state index contributed by atoms with van der Waals surface area (Å²) < 4.78 is 13.2. The third kappa shape index (κ3) is 10.5. The van der Waals surface area contributed by atoms with E-state index in [4.69, 9.17) is 9.47 Å². The Morgan fingerprint density at radius 2 is 1.02 bits per heavy atom. The van der Waals surface area contributed by atoms with Crippen LogP contribution in [-0.2, 0) is 0 Å². The number of aryl methyl sites for hydroxylation is 2. The number of fused-ring (bicyclic) bond motifs is 2. The van der Waals surface area contributed by atoms with E-state index < -0.39 is 0 Å². The summed E-state index contributed by atoms with van der Waals surface area (Å²) in [6, 6.07) is 9.55. The first-order valence-corrected chi connectivity index (χ1v) is 19.8. The monoisotopic (exact) mass is 655 g/mol. The molecule has 0 aromatic heterocycles. The van der Waals surface area contributed by atoms with Crippen LogP contribution in [0, 0.1) is 25.7 Å². The minimum absolute atomic E-state index is 0.574. The zero-order valence-corrected chi connectivity index (χ0v) is 32.6. The smallest absolute Gasteiger partial charge is 0.123 e. The molecule has 2 aliphatic rings. The highest BCUT2D eigenvalue weighted by Gasteiger charge is 2.32. The van der Waals surface area contributed by atoms with Crippen LogP contribution in [0.5, 0.6) is 11.5 Å². The van der Waals surface area contributed by atoms with Gasteiger partial charge in [0.15, 0.2) is 0 Å². The van der Waals surface area contributed by atoms with Crippen molar-refractivity contribution in [2.24, 2.45) is 11.8 Å². The first kappa shape index (κ1) is 38.3. The molecule has 0 spiro atoms. The number of hydrogen-bond donors (Lipinski definition) is 0. The second kappa shape index (κ2) is 18.5. The van der Waals surface area contributed by atoms with Crippen molar-refractivity contribution in [1.29, 1.82) is 0 Å². The molecule has 0 fully saturated rings. The van der Waals surface area contributed by atoms with E-state index in [2.05, 4.69) is 106 Å². The molecule has 2 heteroatoms. The fourth-order valence-electron chi connectivity index (χ4n) is 8.73. The summed E-state index contributed by atoms with van der Waals surface area (Å²) in [6.07, 6.45) is 19.4. The van der Waals surface area contributed by atoms with Gasteiger partial charge in [-0.15, -0.1) is 0 Å². The van der Waals surface area contributed by atoms with Crippen molar-refractivity contribution < 1.29 is 9.47 Å². The highest BCUT2D eigenvalue weighted by atomic mass is 16.5. The molecule has 0 N–H and O–H groups in total. The molecule has 2 nitrogen and oxygen atoms in total. The summed E-state index contributed by atoms with van der Waals surface area (Å²) in [4.78, 5) is 0. The third-order valence-corrected chi connectivity index (χ3v) is 11.5. The van der Waals surface area contributed by atoms with Gasteiger partial charge in [-0.25, -0.2) is 0 Å². The van der Waals surface area contributed by atoms with Crippen molar-refractivity contribution >= 4 is 0 Å². The van der Waals surface area contributed by atoms with E-state index in [0.717, 1.165) is 37.6 Å². The van der Waals surface area contributed by atoms with Crippen LogP contribution in [0.25, 0.3) is 0 Å². The normalized spacial score (nSPS) is 21.5. The van der Waals surface area contributed by atoms with E-state index in [-0.39, 0.29) is 0 Å². The Morgan fingerprint density at radius 1 is 0.625 bits per heavy atom. The summed E-state index contributed by atoms with van der Waals surface area (Å²) in [7, 11) is 0. The molecule has 0 saturated carbocycles. The second-order valence-corrected chi connectivity index (χ2v) is 16.5. The number of hydrogen-bond acceptors (Lipinski definition) is 2. The Bertz CT molecular complexity index is 1270. The molecule has 0 amide bonds. The van der Waals surface area contributed by atoms with E-state index >= 15 is 0 Å². The lowest BCUT2D eigenvalue weighted by Crippen LogP contribution is -2.20. The van der Waals surface area contributed by atoms with Crippen LogP contribution in [-0.4, -0.2) is 13.2 Å². The molecule has 2 aliphatic carbocycles. The largest absolute Gasteiger partial charge is 0.493 e.